The summed E-state index contributed by atoms with van der Waals surface area (Å²) in [5, 5.41) is 21.2. The molecule has 0 saturated carbocycles. The molecular weight excluding hydrogens is 280 g/mol. The van der Waals surface area contributed by atoms with Crippen LogP contribution in [-0.4, -0.2) is 31.3 Å². The quantitative estimate of drug-likeness (QED) is 0.914. The van der Waals surface area contributed by atoms with Crippen molar-refractivity contribution in [3.63, 3.8) is 0 Å². The van der Waals surface area contributed by atoms with Crippen molar-refractivity contribution in [1.29, 1.82) is 0 Å². The van der Waals surface area contributed by atoms with E-state index in [0.29, 0.717) is 17.3 Å². The highest BCUT2D eigenvalue weighted by Gasteiger charge is 2.24. The lowest BCUT2D eigenvalue weighted by Crippen LogP contribution is -2.24. The molecule has 0 aliphatic rings. The molecule has 106 valence electrons. The van der Waals surface area contributed by atoms with Gasteiger partial charge < -0.3 is 5.11 Å². The van der Waals surface area contributed by atoms with Crippen molar-refractivity contribution >= 4 is 17.6 Å². The molecule has 0 radical (unpaired) electrons. The minimum Gasteiger partial charge on any atom is -0.481 e. The second-order valence-electron chi connectivity index (χ2n) is 4.71. The zero-order chi connectivity index (χ0) is 14.7. The maximum absolute atomic E-state index is 11.0. The average molecular weight is 295 g/mol. The summed E-state index contributed by atoms with van der Waals surface area (Å²) < 4.78 is 1.56. The van der Waals surface area contributed by atoms with Gasteiger partial charge in [-0.15, -0.1) is 5.10 Å². The summed E-state index contributed by atoms with van der Waals surface area (Å²) in [4.78, 5) is 11.0. The molecule has 0 bridgehead atoms. The third kappa shape index (κ3) is 3.14. The Bertz CT molecular complexity index is 597. The van der Waals surface area contributed by atoms with E-state index in [1.807, 2.05) is 12.1 Å². The fraction of sp³-hybridized carbons (Fsp3) is 0.385. The summed E-state index contributed by atoms with van der Waals surface area (Å²) >= 11 is 5.84. The average Bonchev–Trinajstić information content (AvgIpc) is 2.87. The molecule has 1 aromatic carbocycles. The molecule has 0 aliphatic carbocycles. The van der Waals surface area contributed by atoms with E-state index in [4.69, 9.17) is 16.7 Å². The maximum Gasteiger partial charge on any atom is 0.308 e. The number of nitrogens with zero attached hydrogens (tertiary/aromatic N) is 4. The van der Waals surface area contributed by atoms with Gasteiger partial charge in [0, 0.05) is 11.4 Å². The molecule has 2 atom stereocenters. The van der Waals surface area contributed by atoms with Crippen LogP contribution in [0.15, 0.2) is 24.3 Å². The van der Waals surface area contributed by atoms with E-state index >= 15 is 0 Å². The Morgan fingerprint density at radius 3 is 2.60 bits per heavy atom. The number of carboxylic acid groups (broad SMARTS) is 1. The Morgan fingerprint density at radius 1 is 1.35 bits per heavy atom. The third-order valence-corrected chi connectivity index (χ3v) is 3.59. The fourth-order valence-corrected chi connectivity index (χ4v) is 1.97. The molecular formula is C13H15ClN4O2. The first kappa shape index (κ1) is 14.5. The van der Waals surface area contributed by atoms with Crippen LogP contribution < -0.4 is 0 Å². The summed E-state index contributed by atoms with van der Waals surface area (Å²) in [6.07, 6.45) is 0.529. The van der Waals surface area contributed by atoms with Crippen LogP contribution in [0, 0.1) is 5.92 Å². The van der Waals surface area contributed by atoms with Crippen LogP contribution in [-0.2, 0) is 11.2 Å². The zero-order valence-electron chi connectivity index (χ0n) is 11.2. The smallest absolute Gasteiger partial charge is 0.308 e. The summed E-state index contributed by atoms with van der Waals surface area (Å²) in [5.74, 6) is -0.805. The van der Waals surface area contributed by atoms with Gasteiger partial charge in [0.1, 0.15) is 0 Å². The van der Waals surface area contributed by atoms with Crippen molar-refractivity contribution < 1.29 is 9.90 Å². The Labute approximate surface area is 121 Å². The number of hydrogen-bond acceptors (Lipinski definition) is 4. The highest BCUT2D eigenvalue weighted by Crippen LogP contribution is 2.19. The molecule has 0 aliphatic heterocycles. The molecule has 20 heavy (non-hydrogen) atoms. The molecule has 2 rings (SSSR count). The largest absolute Gasteiger partial charge is 0.481 e. The number of rotatable bonds is 5. The normalized spacial score (nSPS) is 13.9. The lowest BCUT2D eigenvalue weighted by molar-refractivity contribution is -0.142. The Balaban J connectivity index is 2.20. The van der Waals surface area contributed by atoms with Gasteiger partial charge in [-0.25, -0.2) is 4.68 Å². The van der Waals surface area contributed by atoms with E-state index in [0.717, 1.165) is 5.56 Å². The standard InChI is InChI=1S/C13H15ClN4O2/c1-8(13(19)20)9(2)18-12(15-16-17-18)7-10-3-5-11(14)6-4-10/h3-6,8-9H,7H2,1-2H3,(H,19,20). The number of halogens is 1. The first-order valence-electron chi connectivity index (χ1n) is 6.23. The van der Waals surface area contributed by atoms with Crippen LogP contribution >= 0.6 is 11.6 Å². The Morgan fingerprint density at radius 2 is 2.00 bits per heavy atom. The first-order valence-corrected chi connectivity index (χ1v) is 6.61. The molecule has 0 amide bonds. The van der Waals surface area contributed by atoms with Gasteiger partial charge in [0.25, 0.3) is 0 Å². The van der Waals surface area contributed by atoms with Crippen molar-refractivity contribution in [3.05, 3.63) is 40.7 Å². The van der Waals surface area contributed by atoms with E-state index in [2.05, 4.69) is 15.5 Å². The second-order valence-corrected chi connectivity index (χ2v) is 5.15. The van der Waals surface area contributed by atoms with Crippen molar-refractivity contribution in [3.8, 4) is 0 Å². The number of tetrazole rings is 1. The number of hydrogen-bond donors (Lipinski definition) is 1. The fourth-order valence-electron chi connectivity index (χ4n) is 1.85. The summed E-state index contributed by atoms with van der Waals surface area (Å²) in [7, 11) is 0. The van der Waals surface area contributed by atoms with Crippen LogP contribution in [0.4, 0.5) is 0 Å². The predicted octanol–water partition coefficient (Wildman–Crippen LogP) is 2.20. The molecule has 1 N–H and O–H groups in total. The minimum absolute atomic E-state index is 0.315. The van der Waals surface area contributed by atoms with Gasteiger partial charge in [0.15, 0.2) is 5.82 Å². The highest BCUT2D eigenvalue weighted by molar-refractivity contribution is 6.30. The van der Waals surface area contributed by atoms with Crippen LogP contribution in [0.5, 0.6) is 0 Å². The number of carboxylic acids is 1. The van der Waals surface area contributed by atoms with Crippen LogP contribution in [0.1, 0.15) is 31.3 Å². The molecule has 1 heterocycles. The zero-order valence-corrected chi connectivity index (χ0v) is 11.9. The first-order chi connectivity index (χ1) is 9.49. The van der Waals surface area contributed by atoms with Gasteiger partial charge >= 0.3 is 5.97 Å². The van der Waals surface area contributed by atoms with E-state index in [9.17, 15) is 4.79 Å². The van der Waals surface area contributed by atoms with Gasteiger partial charge in [-0.3, -0.25) is 4.79 Å². The van der Waals surface area contributed by atoms with Crippen molar-refractivity contribution in [2.24, 2.45) is 5.92 Å². The van der Waals surface area contributed by atoms with Gasteiger partial charge in [-0.1, -0.05) is 23.7 Å². The van der Waals surface area contributed by atoms with Crippen LogP contribution in [0.2, 0.25) is 5.02 Å². The van der Waals surface area contributed by atoms with E-state index < -0.39 is 11.9 Å². The molecule has 2 unspecified atom stereocenters. The molecule has 0 fully saturated rings. The summed E-state index contributed by atoms with van der Waals surface area (Å²) in [6.45, 7) is 3.43. The maximum atomic E-state index is 11.0. The SMILES string of the molecule is CC(C(=O)O)C(C)n1nnnc1Cc1ccc(Cl)cc1. The van der Waals surface area contributed by atoms with Gasteiger partial charge in [-0.05, 0) is 42.0 Å². The van der Waals surface area contributed by atoms with Crippen LogP contribution in [0.3, 0.4) is 0 Å². The van der Waals surface area contributed by atoms with Crippen LogP contribution in [0.25, 0.3) is 0 Å². The van der Waals surface area contributed by atoms with E-state index in [-0.39, 0.29) is 6.04 Å². The topological polar surface area (TPSA) is 80.9 Å². The number of carbonyl (C=O) groups is 1. The van der Waals surface area contributed by atoms with E-state index in [1.54, 1.807) is 30.7 Å². The molecule has 6 nitrogen and oxygen atoms in total. The van der Waals surface area contributed by atoms with Gasteiger partial charge in [0.05, 0.1) is 12.0 Å². The summed E-state index contributed by atoms with van der Waals surface area (Å²) in [6, 6.07) is 7.08. The second kappa shape index (κ2) is 6.00. The lowest BCUT2D eigenvalue weighted by atomic mass is 10.0. The third-order valence-electron chi connectivity index (χ3n) is 3.34. The molecule has 0 saturated heterocycles. The number of aromatic nitrogens is 4. The summed E-state index contributed by atoms with van der Waals surface area (Å²) in [5.41, 5.74) is 1.01. The van der Waals surface area contributed by atoms with Gasteiger partial charge in [-0.2, -0.15) is 0 Å². The lowest BCUT2D eigenvalue weighted by Gasteiger charge is -2.17. The Kier molecular flexibility index (Phi) is 4.34. The molecule has 1 aromatic heterocycles. The van der Waals surface area contributed by atoms with Gasteiger partial charge in [0.2, 0.25) is 0 Å². The van der Waals surface area contributed by atoms with Crippen molar-refractivity contribution in [2.75, 3.05) is 0 Å². The molecule has 2 aromatic rings. The Hall–Kier alpha value is -1.95. The predicted molar refractivity (Wildman–Crippen MR) is 73.6 cm³/mol. The van der Waals surface area contributed by atoms with Crippen molar-refractivity contribution in [1.82, 2.24) is 20.2 Å². The monoisotopic (exact) mass is 294 g/mol. The molecule has 0 spiro atoms. The highest BCUT2D eigenvalue weighted by atomic mass is 35.5. The van der Waals surface area contributed by atoms with Crippen molar-refractivity contribution in [2.45, 2.75) is 26.3 Å². The minimum atomic E-state index is -0.870. The number of benzene rings is 1. The van der Waals surface area contributed by atoms with E-state index in [1.165, 1.54) is 0 Å². The number of aliphatic carboxylic acids is 1. The molecule has 7 heteroatoms.